The van der Waals surface area contributed by atoms with Gasteiger partial charge in [-0.25, -0.2) is 0 Å². The van der Waals surface area contributed by atoms with E-state index in [1.54, 1.807) is 6.20 Å². The van der Waals surface area contributed by atoms with Crippen molar-refractivity contribution in [3.05, 3.63) is 57.8 Å². The zero-order chi connectivity index (χ0) is 12.4. The number of nitrogens with zero attached hydrogens (tertiary/aromatic N) is 2. The second-order valence-corrected chi connectivity index (χ2v) is 5.45. The third kappa shape index (κ3) is 2.44. The Bertz CT molecular complexity index is 542. The van der Waals surface area contributed by atoms with Crippen molar-refractivity contribution in [3.8, 4) is 0 Å². The molecule has 1 N–H and O–H groups in total. The lowest BCUT2D eigenvalue weighted by atomic mass is 10.1. The van der Waals surface area contributed by atoms with Gasteiger partial charge in [-0.1, -0.05) is 22.0 Å². The van der Waals surface area contributed by atoms with Gasteiger partial charge in [-0.05, 0) is 48.2 Å². The summed E-state index contributed by atoms with van der Waals surface area (Å²) >= 11 is 3.52. The summed E-state index contributed by atoms with van der Waals surface area (Å²) in [5, 5.41) is 11.5. The molecule has 0 amide bonds. The fourth-order valence-electron chi connectivity index (χ4n) is 2.45. The highest BCUT2D eigenvalue weighted by molar-refractivity contribution is 9.10. The highest BCUT2D eigenvalue weighted by Crippen LogP contribution is 2.32. The Morgan fingerprint density at radius 3 is 3.11 bits per heavy atom. The Morgan fingerprint density at radius 1 is 1.33 bits per heavy atom. The molecule has 3 nitrogen and oxygen atoms in total. The molecule has 0 bridgehead atoms. The number of hydrogen-bond donors (Lipinski definition) is 1. The van der Waals surface area contributed by atoms with E-state index in [2.05, 4.69) is 49.6 Å². The summed E-state index contributed by atoms with van der Waals surface area (Å²) in [6.07, 6.45) is 4.00. The van der Waals surface area contributed by atoms with Gasteiger partial charge >= 0.3 is 0 Å². The molecule has 92 valence electrons. The van der Waals surface area contributed by atoms with Crippen LogP contribution in [0.1, 0.15) is 29.3 Å². The minimum absolute atomic E-state index is 0.440. The molecule has 0 aliphatic heterocycles. The van der Waals surface area contributed by atoms with Crippen LogP contribution in [0, 0.1) is 0 Å². The molecule has 1 aromatic heterocycles. The Labute approximate surface area is 115 Å². The number of aromatic nitrogens is 2. The van der Waals surface area contributed by atoms with Crippen molar-refractivity contribution in [1.82, 2.24) is 15.5 Å². The molecule has 1 heterocycles. The molecule has 3 rings (SSSR count). The van der Waals surface area contributed by atoms with Crippen molar-refractivity contribution in [2.75, 3.05) is 0 Å². The Kier molecular flexibility index (Phi) is 3.39. The molecule has 0 fully saturated rings. The minimum atomic E-state index is 0.440. The average molecular weight is 304 g/mol. The lowest BCUT2D eigenvalue weighted by Gasteiger charge is -2.13. The predicted octanol–water partition coefficient (Wildman–Crippen LogP) is 3.02. The number of fused-ring (bicyclic) bond motifs is 1. The van der Waals surface area contributed by atoms with Crippen LogP contribution in [0.15, 0.2) is 41.0 Å². The largest absolute Gasteiger partial charge is 0.304 e. The number of halogens is 1. The van der Waals surface area contributed by atoms with Gasteiger partial charge in [0, 0.05) is 23.3 Å². The molecule has 2 aromatic rings. The Balaban J connectivity index is 1.70. The summed E-state index contributed by atoms with van der Waals surface area (Å²) in [6, 6.07) is 10.9. The van der Waals surface area contributed by atoms with Crippen LogP contribution in [0.25, 0.3) is 0 Å². The number of nitrogens with one attached hydrogen (secondary N) is 1. The third-order valence-corrected chi connectivity index (χ3v) is 3.83. The van der Waals surface area contributed by atoms with E-state index < -0.39 is 0 Å². The maximum atomic E-state index is 4.09. The van der Waals surface area contributed by atoms with Gasteiger partial charge in [0.15, 0.2) is 0 Å². The van der Waals surface area contributed by atoms with Gasteiger partial charge in [0.2, 0.25) is 0 Å². The summed E-state index contributed by atoms with van der Waals surface area (Å²) in [5.41, 5.74) is 3.85. The number of benzene rings is 1. The lowest BCUT2D eigenvalue weighted by molar-refractivity contribution is 0.523. The maximum absolute atomic E-state index is 4.09. The first kappa shape index (κ1) is 11.8. The Morgan fingerprint density at radius 2 is 2.28 bits per heavy atom. The van der Waals surface area contributed by atoms with Gasteiger partial charge < -0.3 is 5.32 Å². The molecule has 1 aliphatic rings. The molecule has 1 aliphatic carbocycles. The molecular formula is C14H14BrN3. The third-order valence-electron chi connectivity index (χ3n) is 3.34. The lowest BCUT2D eigenvalue weighted by Crippen LogP contribution is -2.19. The summed E-state index contributed by atoms with van der Waals surface area (Å²) < 4.78 is 1.16. The molecule has 1 atom stereocenters. The second-order valence-electron chi connectivity index (χ2n) is 4.53. The van der Waals surface area contributed by atoms with E-state index in [1.165, 1.54) is 11.1 Å². The van der Waals surface area contributed by atoms with Crippen molar-refractivity contribution in [2.45, 2.75) is 25.4 Å². The average Bonchev–Trinajstić information content (AvgIpc) is 2.80. The summed E-state index contributed by atoms with van der Waals surface area (Å²) in [5.74, 6) is 0. The van der Waals surface area contributed by atoms with E-state index in [0.29, 0.717) is 6.04 Å². The predicted molar refractivity (Wildman–Crippen MR) is 74.1 cm³/mol. The van der Waals surface area contributed by atoms with Crippen LogP contribution in [-0.2, 0) is 13.0 Å². The van der Waals surface area contributed by atoms with E-state index in [1.807, 2.05) is 12.1 Å². The van der Waals surface area contributed by atoms with Crippen molar-refractivity contribution in [2.24, 2.45) is 0 Å². The minimum Gasteiger partial charge on any atom is -0.304 e. The van der Waals surface area contributed by atoms with Crippen LogP contribution >= 0.6 is 15.9 Å². The monoisotopic (exact) mass is 303 g/mol. The van der Waals surface area contributed by atoms with E-state index >= 15 is 0 Å². The fourth-order valence-corrected chi connectivity index (χ4v) is 2.86. The molecule has 4 heteroatoms. The zero-order valence-corrected chi connectivity index (χ0v) is 11.5. The Hall–Kier alpha value is -1.26. The van der Waals surface area contributed by atoms with Gasteiger partial charge in [0.05, 0.1) is 5.69 Å². The first-order chi connectivity index (χ1) is 8.83. The molecule has 1 aromatic carbocycles. The summed E-state index contributed by atoms with van der Waals surface area (Å²) in [4.78, 5) is 0. The normalized spacial score (nSPS) is 17.7. The molecule has 0 radical (unpaired) electrons. The zero-order valence-electron chi connectivity index (χ0n) is 9.94. The van der Waals surface area contributed by atoms with Gasteiger partial charge in [0.1, 0.15) is 0 Å². The SMILES string of the molecule is Brc1ccc2c(c1)CCC2NCc1cccnn1. The van der Waals surface area contributed by atoms with Crippen LogP contribution < -0.4 is 5.32 Å². The molecule has 0 spiro atoms. The standard InChI is InChI=1S/C14H14BrN3/c15-11-4-5-13-10(8-11)3-6-14(13)16-9-12-2-1-7-17-18-12/h1-2,4-5,7-8,14,16H,3,6,9H2. The van der Waals surface area contributed by atoms with Crippen molar-refractivity contribution in [3.63, 3.8) is 0 Å². The van der Waals surface area contributed by atoms with E-state index in [0.717, 1.165) is 29.6 Å². The number of hydrogen-bond acceptors (Lipinski definition) is 3. The topological polar surface area (TPSA) is 37.8 Å². The molecule has 0 saturated carbocycles. The van der Waals surface area contributed by atoms with Gasteiger partial charge in [0.25, 0.3) is 0 Å². The first-order valence-corrected chi connectivity index (χ1v) is 6.90. The first-order valence-electron chi connectivity index (χ1n) is 6.11. The van der Waals surface area contributed by atoms with Gasteiger partial charge in [-0.15, -0.1) is 0 Å². The number of aryl methyl sites for hydroxylation is 1. The number of rotatable bonds is 3. The van der Waals surface area contributed by atoms with Crippen LogP contribution in [0.2, 0.25) is 0 Å². The van der Waals surface area contributed by atoms with Crippen LogP contribution in [-0.4, -0.2) is 10.2 Å². The molecule has 1 unspecified atom stereocenters. The maximum Gasteiger partial charge on any atom is 0.0769 e. The molecule has 0 saturated heterocycles. The van der Waals surface area contributed by atoms with E-state index in [-0.39, 0.29) is 0 Å². The van der Waals surface area contributed by atoms with Gasteiger partial charge in [-0.2, -0.15) is 10.2 Å². The van der Waals surface area contributed by atoms with Gasteiger partial charge in [-0.3, -0.25) is 0 Å². The van der Waals surface area contributed by atoms with Crippen molar-refractivity contribution in [1.29, 1.82) is 0 Å². The molecular weight excluding hydrogens is 290 g/mol. The van der Waals surface area contributed by atoms with Crippen molar-refractivity contribution < 1.29 is 0 Å². The smallest absolute Gasteiger partial charge is 0.0769 e. The summed E-state index contributed by atoms with van der Waals surface area (Å²) in [6.45, 7) is 0.772. The van der Waals surface area contributed by atoms with Crippen LogP contribution in [0.4, 0.5) is 0 Å². The van der Waals surface area contributed by atoms with E-state index in [4.69, 9.17) is 0 Å². The fraction of sp³-hybridized carbons (Fsp3) is 0.286. The highest BCUT2D eigenvalue weighted by atomic mass is 79.9. The molecule has 18 heavy (non-hydrogen) atoms. The highest BCUT2D eigenvalue weighted by Gasteiger charge is 2.21. The second kappa shape index (κ2) is 5.16. The van der Waals surface area contributed by atoms with Crippen LogP contribution in [0.5, 0.6) is 0 Å². The van der Waals surface area contributed by atoms with Crippen molar-refractivity contribution >= 4 is 15.9 Å². The summed E-state index contributed by atoms with van der Waals surface area (Å²) in [7, 11) is 0. The van der Waals surface area contributed by atoms with Crippen LogP contribution in [0.3, 0.4) is 0 Å². The van der Waals surface area contributed by atoms with E-state index in [9.17, 15) is 0 Å². The quantitative estimate of drug-likeness (QED) is 0.947.